The highest BCUT2D eigenvalue weighted by Crippen LogP contribution is 2.23. The molecule has 2 unspecified atom stereocenters. The van der Waals surface area contributed by atoms with Crippen molar-refractivity contribution >= 4 is 35.3 Å². The van der Waals surface area contributed by atoms with E-state index in [0.717, 1.165) is 4.90 Å². The molecular formula is C18H23ClN5O5+. The maximum atomic E-state index is 12.7. The van der Waals surface area contributed by atoms with Crippen molar-refractivity contribution < 1.29 is 29.1 Å². The third kappa shape index (κ3) is 4.19. The SMILES string of the molecule is CN1C(=O)C2C(=NC(NCCO)=[N+]2CC(O)COc2ccccc2Cl)N(C)C1=O. The van der Waals surface area contributed by atoms with Crippen LogP contribution in [0.1, 0.15) is 0 Å². The maximum absolute atomic E-state index is 12.7. The molecule has 11 heteroatoms. The second-order valence-corrected chi connectivity index (χ2v) is 7.04. The number of hydrogen-bond acceptors (Lipinski definition) is 7. The van der Waals surface area contributed by atoms with Crippen LogP contribution in [0.4, 0.5) is 4.79 Å². The normalized spacial score (nSPS) is 20.0. The van der Waals surface area contributed by atoms with Crippen LogP contribution in [-0.4, -0.2) is 101 Å². The maximum Gasteiger partial charge on any atom is 0.390 e. The first-order valence-corrected chi connectivity index (χ1v) is 9.40. The van der Waals surface area contributed by atoms with Gasteiger partial charge in [-0.15, -0.1) is 0 Å². The number of aliphatic imine (C=N–C) groups is 1. The highest BCUT2D eigenvalue weighted by Gasteiger charge is 2.51. The van der Waals surface area contributed by atoms with Gasteiger partial charge in [0.25, 0.3) is 5.91 Å². The molecule has 3 amide bonds. The molecule has 1 saturated heterocycles. The van der Waals surface area contributed by atoms with Crippen molar-refractivity contribution in [1.29, 1.82) is 0 Å². The van der Waals surface area contributed by atoms with Crippen molar-refractivity contribution in [3.63, 3.8) is 0 Å². The Labute approximate surface area is 172 Å². The molecule has 0 aliphatic carbocycles. The van der Waals surface area contributed by atoms with Gasteiger partial charge in [0.05, 0.1) is 24.7 Å². The molecule has 1 aromatic carbocycles. The minimum atomic E-state index is -0.979. The molecule has 29 heavy (non-hydrogen) atoms. The van der Waals surface area contributed by atoms with Crippen LogP contribution in [0.15, 0.2) is 29.3 Å². The Kier molecular flexibility index (Phi) is 6.36. The minimum Gasteiger partial charge on any atom is -0.489 e. The smallest absolute Gasteiger partial charge is 0.390 e. The second kappa shape index (κ2) is 8.76. The number of imide groups is 1. The van der Waals surface area contributed by atoms with E-state index in [1.807, 2.05) is 0 Å². The number of hydrogen-bond donors (Lipinski definition) is 3. The van der Waals surface area contributed by atoms with Crippen molar-refractivity contribution in [3.05, 3.63) is 29.3 Å². The Bertz CT molecular complexity index is 874. The number of urea groups is 1. The molecule has 3 N–H and O–H groups in total. The molecular weight excluding hydrogens is 402 g/mol. The number of carbonyl (C=O) groups is 2. The summed E-state index contributed by atoms with van der Waals surface area (Å²) in [6.45, 7) is 0.00273. The molecule has 2 heterocycles. The number of carbonyl (C=O) groups excluding carboxylic acids is 2. The first-order chi connectivity index (χ1) is 13.8. The fourth-order valence-electron chi connectivity index (χ4n) is 3.13. The lowest BCUT2D eigenvalue weighted by Gasteiger charge is -2.32. The number of guanidine groups is 1. The summed E-state index contributed by atoms with van der Waals surface area (Å²) in [5.41, 5.74) is 0. The number of rotatable bonds is 7. The molecule has 2 aliphatic heterocycles. The second-order valence-electron chi connectivity index (χ2n) is 6.63. The molecule has 10 nitrogen and oxygen atoms in total. The number of ether oxygens (including phenoxy) is 1. The van der Waals surface area contributed by atoms with Gasteiger partial charge in [-0.25, -0.2) is 9.37 Å². The first kappa shape index (κ1) is 21.0. The van der Waals surface area contributed by atoms with Gasteiger partial charge < -0.3 is 14.9 Å². The summed E-state index contributed by atoms with van der Waals surface area (Å²) < 4.78 is 7.13. The van der Waals surface area contributed by atoms with Gasteiger partial charge in [0, 0.05) is 14.1 Å². The summed E-state index contributed by atoms with van der Waals surface area (Å²) in [5, 5.41) is 23.0. The van der Waals surface area contributed by atoms with E-state index in [4.69, 9.17) is 21.4 Å². The van der Waals surface area contributed by atoms with Gasteiger partial charge in [-0.3, -0.25) is 19.9 Å². The quantitative estimate of drug-likeness (QED) is 0.500. The molecule has 0 spiro atoms. The molecule has 0 bridgehead atoms. The zero-order chi connectivity index (χ0) is 21.1. The minimum absolute atomic E-state index is 0.0114. The van der Waals surface area contributed by atoms with E-state index < -0.39 is 24.1 Å². The highest BCUT2D eigenvalue weighted by atomic mass is 35.5. The molecule has 0 radical (unpaired) electrons. The fourth-order valence-corrected chi connectivity index (χ4v) is 3.32. The number of para-hydroxylation sites is 1. The zero-order valence-electron chi connectivity index (χ0n) is 16.1. The van der Waals surface area contributed by atoms with Gasteiger partial charge in [-0.2, -0.15) is 0 Å². The monoisotopic (exact) mass is 424 g/mol. The number of β-amino-alcohol motifs (C(OH)–C–C–N with tert-alkyl or cyclic N) is 1. The molecule has 0 saturated carbocycles. The van der Waals surface area contributed by atoms with Crippen LogP contribution in [0.2, 0.25) is 5.02 Å². The topological polar surface area (TPSA) is 118 Å². The summed E-state index contributed by atoms with van der Waals surface area (Å²) in [4.78, 5) is 31.6. The number of aliphatic hydroxyl groups excluding tert-OH is 2. The summed E-state index contributed by atoms with van der Waals surface area (Å²) in [5.74, 6) is 0.539. The van der Waals surface area contributed by atoms with Crippen LogP contribution >= 0.6 is 11.6 Å². The van der Waals surface area contributed by atoms with Crippen molar-refractivity contribution in [1.82, 2.24) is 15.1 Å². The van der Waals surface area contributed by atoms with E-state index in [9.17, 15) is 14.7 Å². The van der Waals surface area contributed by atoms with Crippen LogP contribution in [0.25, 0.3) is 0 Å². The van der Waals surface area contributed by atoms with Crippen molar-refractivity contribution in [2.24, 2.45) is 4.99 Å². The fraction of sp³-hybridized carbons (Fsp3) is 0.444. The first-order valence-electron chi connectivity index (χ1n) is 9.02. The van der Waals surface area contributed by atoms with E-state index in [1.54, 1.807) is 28.8 Å². The van der Waals surface area contributed by atoms with Gasteiger partial charge in [-0.05, 0) is 12.1 Å². The summed E-state index contributed by atoms with van der Waals surface area (Å²) in [7, 11) is 2.92. The number of amides is 3. The number of amidine groups is 1. The number of nitrogens with one attached hydrogen (secondary N) is 1. The number of aliphatic hydroxyl groups is 2. The van der Waals surface area contributed by atoms with E-state index in [-0.39, 0.29) is 32.1 Å². The molecule has 1 aromatic rings. The van der Waals surface area contributed by atoms with Crippen LogP contribution in [0, 0.1) is 0 Å². The van der Waals surface area contributed by atoms with E-state index in [0.29, 0.717) is 16.7 Å². The molecule has 0 aromatic heterocycles. The molecule has 2 atom stereocenters. The molecule has 156 valence electrons. The summed E-state index contributed by atoms with van der Waals surface area (Å²) >= 11 is 6.05. The third-order valence-corrected chi connectivity index (χ3v) is 4.91. The number of fused-ring (bicyclic) bond motifs is 1. The average molecular weight is 425 g/mol. The average Bonchev–Trinajstić information content (AvgIpc) is 3.06. The van der Waals surface area contributed by atoms with Gasteiger partial charge >= 0.3 is 12.0 Å². The van der Waals surface area contributed by atoms with Crippen molar-refractivity contribution in [2.45, 2.75) is 12.1 Å². The Balaban J connectivity index is 1.78. The Morgan fingerprint density at radius 2 is 2.03 bits per heavy atom. The number of likely N-dealkylation sites (N-methyl/N-ethyl adjacent to an activating group) is 2. The third-order valence-electron chi connectivity index (χ3n) is 4.60. The van der Waals surface area contributed by atoms with Crippen molar-refractivity contribution in [3.8, 4) is 5.75 Å². The van der Waals surface area contributed by atoms with Gasteiger partial charge in [0.2, 0.25) is 11.9 Å². The van der Waals surface area contributed by atoms with Crippen LogP contribution in [-0.2, 0) is 4.79 Å². The number of halogens is 1. The van der Waals surface area contributed by atoms with Crippen LogP contribution in [0.3, 0.4) is 0 Å². The highest BCUT2D eigenvalue weighted by molar-refractivity contribution is 6.32. The van der Waals surface area contributed by atoms with Gasteiger partial charge in [0.15, 0.2) is 0 Å². The van der Waals surface area contributed by atoms with Gasteiger partial charge in [-0.1, -0.05) is 28.7 Å². The lowest BCUT2D eigenvalue weighted by atomic mass is 10.1. The Hall–Kier alpha value is -2.69. The Morgan fingerprint density at radius 1 is 1.31 bits per heavy atom. The predicted octanol–water partition coefficient (Wildman–Crippen LogP) is -0.665. The molecule has 1 fully saturated rings. The Morgan fingerprint density at radius 3 is 2.72 bits per heavy atom. The summed E-state index contributed by atoms with van der Waals surface area (Å²) in [6.07, 6.45) is -0.979. The predicted molar refractivity (Wildman–Crippen MR) is 105 cm³/mol. The van der Waals surface area contributed by atoms with E-state index in [1.165, 1.54) is 19.0 Å². The van der Waals surface area contributed by atoms with E-state index in [2.05, 4.69) is 10.3 Å². The van der Waals surface area contributed by atoms with E-state index >= 15 is 0 Å². The lowest BCUT2D eigenvalue weighted by molar-refractivity contribution is -0.545. The molecule has 3 rings (SSSR count). The van der Waals surface area contributed by atoms with Gasteiger partial charge in [0.1, 0.15) is 18.5 Å². The van der Waals surface area contributed by atoms with Crippen LogP contribution < -0.4 is 10.1 Å². The number of benzene rings is 1. The lowest BCUT2D eigenvalue weighted by Crippen LogP contribution is -2.62. The standard InChI is InChI=1S/C18H22ClN5O5/c1-22-15-14(16(27)23(2)18(22)28)24(17(21-15)20-7-8-25)9-11(26)10-29-13-6-4-3-5-12(13)19/h3-6,11,14,25-26H,7-10H2,1-2H3/p+1. The largest absolute Gasteiger partial charge is 0.489 e. The zero-order valence-corrected chi connectivity index (χ0v) is 16.8. The summed E-state index contributed by atoms with van der Waals surface area (Å²) in [6, 6.07) is 5.55. The number of nitrogens with zero attached hydrogens (tertiary/aromatic N) is 4. The van der Waals surface area contributed by atoms with Crippen LogP contribution in [0.5, 0.6) is 5.75 Å². The molecule has 2 aliphatic rings. The van der Waals surface area contributed by atoms with Crippen molar-refractivity contribution in [2.75, 3.05) is 40.4 Å².